The molecule has 0 aliphatic rings. The molecule has 1 heterocycles. The van der Waals surface area contributed by atoms with Gasteiger partial charge in [0.2, 0.25) is 4.77 Å². The first-order chi connectivity index (χ1) is 9.75. The first-order valence-electron chi connectivity index (χ1n) is 5.94. The van der Waals surface area contributed by atoms with Crippen molar-refractivity contribution in [3.63, 3.8) is 0 Å². The molecule has 0 amide bonds. The van der Waals surface area contributed by atoms with Crippen LogP contribution < -0.4 is 5.56 Å². The highest BCUT2D eigenvalue weighted by Gasteiger charge is 1.98. The van der Waals surface area contributed by atoms with Gasteiger partial charge in [-0.25, -0.2) is 0 Å². The van der Waals surface area contributed by atoms with E-state index in [0.29, 0.717) is 0 Å². The van der Waals surface area contributed by atoms with Gasteiger partial charge in [-0.05, 0) is 23.0 Å². The predicted molar refractivity (Wildman–Crippen MR) is 80.6 cm³/mol. The molecular weight excluding hydrogens is 272 g/mol. The Morgan fingerprint density at radius 2 is 2.00 bits per heavy atom. The molecule has 0 unspecified atom stereocenters. The average Bonchev–Trinajstić information content (AvgIpc) is 2.47. The van der Waals surface area contributed by atoms with Crippen LogP contribution >= 0.6 is 12.2 Å². The molecule has 0 bridgehead atoms. The van der Waals surface area contributed by atoms with Gasteiger partial charge in [-0.1, -0.05) is 42.5 Å². The molecule has 0 fully saturated rings. The standard InChI is InChI=1S/C14H10N4OS/c19-13-9-15-17-14(20)18(13)16-8-11-6-3-5-10-4-1-2-7-12(10)11/h1-9H,(H,17,20)/b16-8+. The second kappa shape index (κ2) is 5.18. The Labute approximate surface area is 119 Å². The lowest BCUT2D eigenvalue weighted by Gasteiger charge is -2.01. The fourth-order valence-corrected chi connectivity index (χ4v) is 2.13. The predicted octanol–water partition coefficient (Wildman–Crippen LogP) is 2.34. The van der Waals surface area contributed by atoms with Gasteiger partial charge in [-0.2, -0.15) is 14.9 Å². The van der Waals surface area contributed by atoms with Crippen LogP contribution in [0.4, 0.5) is 0 Å². The van der Waals surface area contributed by atoms with Crippen molar-refractivity contribution in [2.45, 2.75) is 0 Å². The summed E-state index contributed by atoms with van der Waals surface area (Å²) in [5.74, 6) is 0. The van der Waals surface area contributed by atoms with E-state index in [2.05, 4.69) is 15.3 Å². The molecule has 3 rings (SSSR count). The van der Waals surface area contributed by atoms with Crippen molar-refractivity contribution in [3.05, 3.63) is 69.3 Å². The molecule has 6 heteroatoms. The van der Waals surface area contributed by atoms with E-state index >= 15 is 0 Å². The lowest BCUT2D eigenvalue weighted by molar-refractivity contribution is 0.738. The topological polar surface area (TPSA) is 63.0 Å². The molecule has 0 spiro atoms. The van der Waals surface area contributed by atoms with Gasteiger partial charge in [0.25, 0.3) is 5.56 Å². The van der Waals surface area contributed by atoms with Crippen LogP contribution in [0.1, 0.15) is 5.56 Å². The SMILES string of the molecule is O=c1cn[nH]c(=S)n1/N=C/c1cccc2ccccc12. The summed E-state index contributed by atoms with van der Waals surface area (Å²) in [7, 11) is 0. The average molecular weight is 282 g/mol. The smallest absolute Gasteiger partial charge is 0.265 e. The maximum atomic E-state index is 11.6. The van der Waals surface area contributed by atoms with Crippen LogP contribution in [0.5, 0.6) is 0 Å². The minimum Gasteiger partial charge on any atom is -0.265 e. The number of aromatic nitrogens is 3. The fraction of sp³-hybridized carbons (Fsp3) is 0. The Hall–Kier alpha value is -2.60. The number of benzene rings is 2. The lowest BCUT2D eigenvalue weighted by Crippen LogP contribution is -2.18. The molecule has 0 atom stereocenters. The molecule has 0 aliphatic heterocycles. The van der Waals surface area contributed by atoms with Crippen LogP contribution in [0.2, 0.25) is 0 Å². The molecule has 0 saturated heterocycles. The highest BCUT2D eigenvalue weighted by Crippen LogP contribution is 2.16. The van der Waals surface area contributed by atoms with Crippen LogP contribution in [-0.4, -0.2) is 21.1 Å². The summed E-state index contributed by atoms with van der Waals surface area (Å²) in [5.41, 5.74) is 0.548. The zero-order valence-corrected chi connectivity index (χ0v) is 11.2. The minimum absolute atomic E-state index is 0.161. The second-order valence-electron chi connectivity index (χ2n) is 4.14. The van der Waals surface area contributed by atoms with Crippen LogP contribution in [0, 0.1) is 4.77 Å². The van der Waals surface area contributed by atoms with Gasteiger partial charge in [-0.3, -0.25) is 9.89 Å². The van der Waals surface area contributed by atoms with Crippen molar-refractivity contribution in [1.82, 2.24) is 14.9 Å². The number of rotatable bonds is 2. The lowest BCUT2D eigenvalue weighted by atomic mass is 10.1. The van der Waals surface area contributed by atoms with Gasteiger partial charge in [0.05, 0.1) is 6.21 Å². The molecule has 3 aromatic rings. The van der Waals surface area contributed by atoms with Gasteiger partial charge in [-0.15, -0.1) is 0 Å². The first-order valence-corrected chi connectivity index (χ1v) is 6.35. The molecule has 0 aliphatic carbocycles. The highest BCUT2D eigenvalue weighted by molar-refractivity contribution is 7.71. The number of H-pyrrole nitrogens is 1. The van der Waals surface area contributed by atoms with E-state index in [1.54, 1.807) is 6.21 Å². The molecule has 2 aromatic carbocycles. The summed E-state index contributed by atoms with van der Waals surface area (Å²) in [5, 5.41) is 12.5. The summed E-state index contributed by atoms with van der Waals surface area (Å²) >= 11 is 4.98. The summed E-state index contributed by atoms with van der Waals surface area (Å²) in [6.45, 7) is 0. The van der Waals surface area contributed by atoms with E-state index in [1.807, 2.05) is 42.5 Å². The Bertz CT molecular complexity index is 877. The molecule has 98 valence electrons. The van der Waals surface area contributed by atoms with Crippen molar-refractivity contribution in [2.75, 3.05) is 0 Å². The number of nitrogens with one attached hydrogen (secondary N) is 1. The van der Waals surface area contributed by atoms with Crippen LogP contribution in [0.25, 0.3) is 10.8 Å². The molecule has 1 aromatic heterocycles. The molecule has 20 heavy (non-hydrogen) atoms. The maximum Gasteiger partial charge on any atom is 0.293 e. The summed E-state index contributed by atoms with van der Waals surface area (Å²) < 4.78 is 1.26. The van der Waals surface area contributed by atoms with Crippen molar-refractivity contribution in [3.8, 4) is 0 Å². The maximum absolute atomic E-state index is 11.6. The monoisotopic (exact) mass is 282 g/mol. The Balaban J connectivity index is 2.12. The van der Waals surface area contributed by atoms with Gasteiger partial charge >= 0.3 is 0 Å². The zero-order chi connectivity index (χ0) is 13.9. The Morgan fingerprint density at radius 1 is 1.20 bits per heavy atom. The Morgan fingerprint density at radius 3 is 2.85 bits per heavy atom. The minimum atomic E-state index is -0.370. The van der Waals surface area contributed by atoms with E-state index in [1.165, 1.54) is 0 Å². The molecule has 0 radical (unpaired) electrons. The van der Waals surface area contributed by atoms with Crippen LogP contribution in [0.15, 0.2) is 58.6 Å². The van der Waals surface area contributed by atoms with Gasteiger partial charge in [0, 0.05) is 5.56 Å². The van der Waals surface area contributed by atoms with E-state index < -0.39 is 0 Å². The van der Waals surface area contributed by atoms with E-state index in [-0.39, 0.29) is 10.3 Å². The number of nitrogens with zero attached hydrogens (tertiary/aromatic N) is 3. The van der Waals surface area contributed by atoms with Gasteiger partial charge in [0.1, 0.15) is 6.20 Å². The zero-order valence-electron chi connectivity index (χ0n) is 10.4. The molecule has 0 saturated carbocycles. The molecule has 1 N–H and O–H groups in total. The Kier molecular flexibility index (Phi) is 3.22. The normalized spacial score (nSPS) is 11.2. The molecule has 5 nitrogen and oxygen atoms in total. The summed E-state index contributed by atoms with van der Waals surface area (Å²) in [4.78, 5) is 11.6. The molecular formula is C14H10N4OS. The third-order valence-corrected chi connectivity index (χ3v) is 3.14. The van der Waals surface area contributed by atoms with Crippen molar-refractivity contribution < 1.29 is 0 Å². The van der Waals surface area contributed by atoms with Crippen molar-refractivity contribution in [2.24, 2.45) is 5.10 Å². The number of hydrogen-bond acceptors (Lipinski definition) is 4. The van der Waals surface area contributed by atoms with E-state index in [4.69, 9.17) is 12.2 Å². The largest absolute Gasteiger partial charge is 0.293 e. The van der Waals surface area contributed by atoms with E-state index in [0.717, 1.165) is 27.2 Å². The third kappa shape index (κ3) is 2.28. The van der Waals surface area contributed by atoms with Gasteiger partial charge < -0.3 is 0 Å². The quantitative estimate of drug-likeness (QED) is 0.579. The highest BCUT2D eigenvalue weighted by atomic mass is 32.1. The summed E-state index contributed by atoms with van der Waals surface area (Å²) in [6.07, 6.45) is 2.75. The number of fused-ring (bicyclic) bond motifs is 1. The number of hydrogen-bond donors (Lipinski definition) is 1. The van der Waals surface area contributed by atoms with Crippen LogP contribution in [0.3, 0.4) is 0 Å². The first kappa shape index (κ1) is 12.4. The summed E-state index contributed by atoms with van der Waals surface area (Å²) in [6, 6.07) is 13.9. The fourth-order valence-electron chi connectivity index (χ4n) is 1.94. The van der Waals surface area contributed by atoms with Gasteiger partial charge in [0.15, 0.2) is 0 Å². The van der Waals surface area contributed by atoms with Crippen molar-refractivity contribution >= 4 is 29.2 Å². The third-order valence-electron chi connectivity index (χ3n) is 2.87. The van der Waals surface area contributed by atoms with Crippen LogP contribution in [-0.2, 0) is 0 Å². The van der Waals surface area contributed by atoms with E-state index in [9.17, 15) is 4.79 Å². The van der Waals surface area contributed by atoms with Crippen molar-refractivity contribution in [1.29, 1.82) is 0 Å². The second-order valence-corrected chi connectivity index (χ2v) is 4.52. The number of aromatic amines is 1.